The van der Waals surface area contributed by atoms with Crippen LogP contribution in [0.15, 0.2) is 23.2 Å². The number of amides is 2. The van der Waals surface area contributed by atoms with E-state index in [-0.39, 0.29) is 24.3 Å². The third kappa shape index (κ3) is 2.96. The fraction of sp³-hybridized carbons (Fsp3) is 0.357. The molecule has 0 bridgehead atoms. The summed E-state index contributed by atoms with van der Waals surface area (Å²) in [6.45, 7) is 1.97. The van der Waals surface area contributed by atoms with Crippen molar-refractivity contribution >= 4 is 23.9 Å². The standard InChI is InChI=1S/C14H17N3O3/c1-2-20-14(19)17-7-11-8(4-3-5-12(11)15)9-6-10(9)13(16)18/h3-5,7,9-10H,2,6,15H2,1H3,(H2,16,18)/t9-,10-/m1/s1. The Balaban J connectivity index is 2.24. The number of carbonyl (C=O) groups is 2. The lowest BCUT2D eigenvalue weighted by Gasteiger charge is -2.07. The van der Waals surface area contributed by atoms with Crippen LogP contribution in [0.25, 0.3) is 0 Å². The summed E-state index contributed by atoms with van der Waals surface area (Å²) < 4.78 is 4.73. The van der Waals surface area contributed by atoms with Gasteiger partial charge in [0, 0.05) is 23.4 Å². The van der Waals surface area contributed by atoms with Crippen molar-refractivity contribution in [3.05, 3.63) is 29.3 Å². The first-order chi connectivity index (χ1) is 9.54. The zero-order valence-electron chi connectivity index (χ0n) is 11.2. The molecule has 1 aliphatic rings. The van der Waals surface area contributed by atoms with Crippen LogP contribution in [0.2, 0.25) is 0 Å². The fourth-order valence-electron chi connectivity index (χ4n) is 2.21. The van der Waals surface area contributed by atoms with E-state index in [1.807, 2.05) is 12.1 Å². The van der Waals surface area contributed by atoms with Gasteiger partial charge >= 0.3 is 6.09 Å². The summed E-state index contributed by atoms with van der Waals surface area (Å²) in [4.78, 5) is 26.1. The minimum Gasteiger partial charge on any atom is -0.448 e. The molecule has 20 heavy (non-hydrogen) atoms. The zero-order valence-corrected chi connectivity index (χ0v) is 11.2. The van der Waals surface area contributed by atoms with Crippen LogP contribution in [0.4, 0.5) is 10.5 Å². The van der Waals surface area contributed by atoms with Gasteiger partial charge in [0.2, 0.25) is 5.91 Å². The van der Waals surface area contributed by atoms with Gasteiger partial charge in [-0.3, -0.25) is 4.79 Å². The Morgan fingerprint density at radius 1 is 1.50 bits per heavy atom. The predicted molar refractivity (Wildman–Crippen MR) is 75.5 cm³/mol. The topological polar surface area (TPSA) is 108 Å². The normalized spacial score (nSPS) is 20.9. The van der Waals surface area contributed by atoms with Crippen molar-refractivity contribution in [2.75, 3.05) is 12.3 Å². The maximum absolute atomic E-state index is 11.3. The maximum atomic E-state index is 11.3. The van der Waals surface area contributed by atoms with Gasteiger partial charge in [-0.1, -0.05) is 12.1 Å². The molecular formula is C14H17N3O3. The van der Waals surface area contributed by atoms with Crippen molar-refractivity contribution in [2.24, 2.45) is 16.6 Å². The second-order valence-electron chi connectivity index (χ2n) is 4.66. The van der Waals surface area contributed by atoms with Crippen molar-refractivity contribution in [3.8, 4) is 0 Å². The van der Waals surface area contributed by atoms with E-state index in [1.165, 1.54) is 6.21 Å². The fourth-order valence-corrected chi connectivity index (χ4v) is 2.21. The molecule has 2 amide bonds. The minimum absolute atomic E-state index is 0.0552. The van der Waals surface area contributed by atoms with E-state index < -0.39 is 6.09 Å². The number of primary amides is 1. The van der Waals surface area contributed by atoms with Crippen LogP contribution in [-0.4, -0.2) is 24.8 Å². The summed E-state index contributed by atoms with van der Waals surface area (Å²) in [5.74, 6) is -0.420. The third-order valence-electron chi connectivity index (χ3n) is 3.30. The van der Waals surface area contributed by atoms with Crippen LogP contribution in [0.3, 0.4) is 0 Å². The highest BCUT2D eigenvalue weighted by Gasteiger charge is 2.43. The van der Waals surface area contributed by atoms with Gasteiger partial charge in [0.1, 0.15) is 0 Å². The number of hydrogen-bond acceptors (Lipinski definition) is 4. The van der Waals surface area contributed by atoms with Crippen molar-refractivity contribution in [2.45, 2.75) is 19.3 Å². The number of aliphatic imine (C=N–C) groups is 1. The Morgan fingerprint density at radius 3 is 2.85 bits per heavy atom. The molecule has 1 saturated carbocycles. The molecule has 6 nitrogen and oxygen atoms in total. The molecule has 1 aromatic carbocycles. The molecule has 0 aliphatic heterocycles. The van der Waals surface area contributed by atoms with Crippen molar-refractivity contribution in [3.63, 3.8) is 0 Å². The minimum atomic E-state index is -0.663. The second kappa shape index (κ2) is 5.73. The molecule has 0 saturated heterocycles. The molecule has 6 heteroatoms. The molecule has 4 N–H and O–H groups in total. The number of nitrogens with zero attached hydrogens (tertiary/aromatic N) is 1. The highest BCUT2D eigenvalue weighted by molar-refractivity contribution is 5.95. The molecule has 0 aromatic heterocycles. The van der Waals surface area contributed by atoms with Crippen LogP contribution in [0.1, 0.15) is 30.4 Å². The van der Waals surface area contributed by atoms with E-state index in [9.17, 15) is 9.59 Å². The summed E-state index contributed by atoms with van der Waals surface area (Å²) >= 11 is 0. The lowest BCUT2D eigenvalue weighted by Crippen LogP contribution is -2.14. The molecule has 0 radical (unpaired) electrons. The van der Waals surface area contributed by atoms with Crippen LogP contribution in [0.5, 0.6) is 0 Å². The van der Waals surface area contributed by atoms with Gasteiger partial charge in [-0.15, -0.1) is 0 Å². The summed E-state index contributed by atoms with van der Waals surface area (Å²) in [7, 11) is 0. The number of rotatable bonds is 4. The Labute approximate surface area is 116 Å². The highest BCUT2D eigenvalue weighted by atomic mass is 16.5. The van der Waals surface area contributed by atoms with Crippen molar-refractivity contribution in [1.29, 1.82) is 0 Å². The highest BCUT2D eigenvalue weighted by Crippen LogP contribution is 2.48. The first-order valence-electron chi connectivity index (χ1n) is 6.43. The lowest BCUT2D eigenvalue weighted by molar-refractivity contribution is -0.119. The molecule has 0 unspecified atom stereocenters. The number of anilines is 1. The summed E-state index contributed by atoms with van der Waals surface area (Å²) in [6, 6.07) is 5.40. The molecule has 0 heterocycles. The number of ether oxygens (including phenoxy) is 1. The zero-order chi connectivity index (χ0) is 14.7. The van der Waals surface area contributed by atoms with Crippen molar-refractivity contribution < 1.29 is 14.3 Å². The predicted octanol–water partition coefficient (Wildman–Crippen LogP) is 1.43. The Kier molecular flexibility index (Phi) is 4.02. The SMILES string of the molecule is CCOC(=O)N=Cc1c(N)cccc1[C@H]1C[C@H]1C(N)=O. The molecule has 0 spiro atoms. The molecule has 2 rings (SSSR count). The van der Waals surface area contributed by atoms with Gasteiger partial charge in [0.05, 0.1) is 6.61 Å². The van der Waals surface area contributed by atoms with Gasteiger partial charge in [-0.05, 0) is 30.9 Å². The number of hydrogen-bond donors (Lipinski definition) is 2. The van der Waals surface area contributed by atoms with E-state index in [0.29, 0.717) is 17.7 Å². The van der Waals surface area contributed by atoms with Crippen LogP contribution in [0, 0.1) is 5.92 Å². The second-order valence-corrected chi connectivity index (χ2v) is 4.66. The van der Waals surface area contributed by atoms with Gasteiger partial charge in [-0.2, -0.15) is 4.99 Å². The van der Waals surface area contributed by atoms with Gasteiger partial charge < -0.3 is 16.2 Å². The Hall–Kier alpha value is -2.37. The number of benzene rings is 1. The monoisotopic (exact) mass is 275 g/mol. The quantitative estimate of drug-likeness (QED) is 0.640. The molecule has 2 atom stereocenters. The van der Waals surface area contributed by atoms with Crippen LogP contribution < -0.4 is 11.5 Å². The third-order valence-corrected chi connectivity index (χ3v) is 3.30. The smallest absolute Gasteiger partial charge is 0.433 e. The van der Waals surface area contributed by atoms with E-state index in [2.05, 4.69) is 4.99 Å². The first kappa shape index (κ1) is 14.0. The average molecular weight is 275 g/mol. The molecule has 106 valence electrons. The molecule has 1 aromatic rings. The van der Waals surface area contributed by atoms with Gasteiger partial charge in [-0.25, -0.2) is 4.79 Å². The summed E-state index contributed by atoms with van der Waals surface area (Å²) in [5.41, 5.74) is 13.2. The van der Waals surface area contributed by atoms with Crippen LogP contribution in [-0.2, 0) is 9.53 Å². The number of carbonyl (C=O) groups excluding carboxylic acids is 2. The summed E-state index contributed by atoms with van der Waals surface area (Å²) in [6.07, 6.45) is 1.43. The van der Waals surface area contributed by atoms with Crippen LogP contribution >= 0.6 is 0 Å². The largest absolute Gasteiger partial charge is 0.448 e. The van der Waals surface area contributed by atoms with Crippen molar-refractivity contribution in [1.82, 2.24) is 0 Å². The molecule has 1 aliphatic carbocycles. The Bertz CT molecular complexity index is 569. The maximum Gasteiger partial charge on any atom is 0.433 e. The number of nitrogens with two attached hydrogens (primary N) is 2. The van der Waals surface area contributed by atoms with Gasteiger partial charge in [0.25, 0.3) is 0 Å². The Morgan fingerprint density at radius 2 is 2.25 bits per heavy atom. The summed E-state index contributed by atoms with van der Waals surface area (Å²) in [5, 5.41) is 0. The lowest BCUT2D eigenvalue weighted by atomic mass is 10.0. The number of nitrogen functional groups attached to an aromatic ring is 1. The van der Waals surface area contributed by atoms with E-state index in [4.69, 9.17) is 16.2 Å². The molecule has 1 fully saturated rings. The van der Waals surface area contributed by atoms with E-state index in [1.54, 1.807) is 13.0 Å². The van der Waals surface area contributed by atoms with E-state index in [0.717, 1.165) is 5.56 Å². The molecular weight excluding hydrogens is 258 g/mol. The van der Waals surface area contributed by atoms with Gasteiger partial charge in [0.15, 0.2) is 0 Å². The van der Waals surface area contributed by atoms with E-state index >= 15 is 0 Å². The average Bonchev–Trinajstić information content (AvgIpc) is 3.17. The first-order valence-corrected chi connectivity index (χ1v) is 6.43.